The van der Waals surface area contributed by atoms with Crippen LogP contribution in [0.15, 0.2) is 84.9 Å². The van der Waals surface area contributed by atoms with Crippen LogP contribution in [0.5, 0.6) is 0 Å². The maximum atomic E-state index is 5.94. The number of nitrogens with two attached hydrogens (primary N) is 2. The summed E-state index contributed by atoms with van der Waals surface area (Å²) in [6.07, 6.45) is 8.20. The van der Waals surface area contributed by atoms with Gasteiger partial charge >= 0.3 is 0 Å². The molecular formula is C35H42N2. The summed E-state index contributed by atoms with van der Waals surface area (Å²) in [4.78, 5) is 0. The molecule has 2 heteroatoms. The molecule has 0 unspecified atom stereocenters. The Morgan fingerprint density at radius 2 is 1.03 bits per heavy atom. The second-order valence-corrected chi connectivity index (χ2v) is 10.6. The summed E-state index contributed by atoms with van der Waals surface area (Å²) in [5, 5.41) is 0. The van der Waals surface area contributed by atoms with Crippen LogP contribution in [-0.4, -0.2) is 0 Å². The molecular weight excluding hydrogens is 448 g/mol. The lowest BCUT2D eigenvalue weighted by atomic mass is 9.85. The van der Waals surface area contributed by atoms with Gasteiger partial charge in [-0.25, -0.2) is 0 Å². The van der Waals surface area contributed by atoms with Crippen LogP contribution in [0.3, 0.4) is 0 Å². The highest BCUT2D eigenvalue weighted by atomic mass is 14.5. The summed E-state index contributed by atoms with van der Waals surface area (Å²) in [5.41, 5.74) is 24.2. The molecule has 0 aliphatic heterocycles. The van der Waals surface area contributed by atoms with Gasteiger partial charge in [0, 0.05) is 17.3 Å². The van der Waals surface area contributed by atoms with Crippen molar-refractivity contribution in [3.8, 4) is 0 Å². The summed E-state index contributed by atoms with van der Waals surface area (Å²) < 4.78 is 0. The molecule has 4 rings (SSSR count). The third-order valence-electron chi connectivity index (χ3n) is 7.63. The number of aryl methyl sites for hydroxylation is 2. The Kier molecular flexibility index (Phi) is 9.06. The first-order valence-corrected chi connectivity index (χ1v) is 13.8. The molecule has 0 saturated carbocycles. The predicted octanol–water partition coefficient (Wildman–Crippen LogP) is 8.75. The quantitative estimate of drug-likeness (QED) is 0.163. The number of hydrogen-bond donors (Lipinski definition) is 2. The number of rotatable bonds is 11. The minimum atomic E-state index is 0.427. The average Bonchev–Trinajstić information content (AvgIpc) is 2.89. The van der Waals surface area contributed by atoms with Gasteiger partial charge in [0.25, 0.3) is 0 Å². The van der Waals surface area contributed by atoms with Crippen molar-refractivity contribution in [2.75, 3.05) is 11.5 Å². The summed E-state index contributed by atoms with van der Waals surface area (Å²) >= 11 is 0. The first kappa shape index (κ1) is 26.5. The molecule has 0 bridgehead atoms. The second kappa shape index (κ2) is 12.6. The molecule has 0 fully saturated rings. The van der Waals surface area contributed by atoms with Crippen molar-refractivity contribution >= 4 is 11.4 Å². The van der Waals surface area contributed by atoms with Crippen LogP contribution in [-0.2, 0) is 12.8 Å². The molecule has 0 aromatic heterocycles. The van der Waals surface area contributed by atoms with E-state index in [1.54, 1.807) is 0 Å². The standard InChI is InChI=1S/C35H42N2/c1-4-5-6-7-8-35(29-13-9-27(10-14-29)23-31-17-19-33(36)21-25(31)2)30-15-11-28(12-16-30)24-32-18-20-34(37)22-26(32)3/h9-22,35H,4-8,23-24,36-37H2,1-3H3. The Morgan fingerprint density at radius 1 is 0.568 bits per heavy atom. The predicted molar refractivity (Wildman–Crippen MR) is 160 cm³/mol. The van der Waals surface area contributed by atoms with Crippen LogP contribution in [0.2, 0.25) is 0 Å². The fourth-order valence-corrected chi connectivity index (χ4v) is 5.31. The Morgan fingerprint density at radius 3 is 1.43 bits per heavy atom. The van der Waals surface area contributed by atoms with E-state index >= 15 is 0 Å². The van der Waals surface area contributed by atoms with E-state index in [2.05, 4.69) is 93.6 Å². The topological polar surface area (TPSA) is 52.0 Å². The number of nitrogen functional groups attached to an aromatic ring is 2. The van der Waals surface area contributed by atoms with Gasteiger partial charge in [-0.2, -0.15) is 0 Å². The number of benzene rings is 4. The van der Waals surface area contributed by atoms with E-state index in [9.17, 15) is 0 Å². The van der Waals surface area contributed by atoms with Gasteiger partial charge < -0.3 is 11.5 Å². The van der Waals surface area contributed by atoms with E-state index in [0.29, 0.717) is 5.92 Å². The van der Waals surface area contributed by atoms with Crippen LogP contribution >= 0.6 is 0 Å². The van der Waals surface area contributed by atoms with Crippen molar-refractivity contribution in [2.45, 2.75) is 71.6 Å². The number of hydrogen-bond acceptors (Lipinski definition) is 2. The van der Waals surface area contributed by atoms with Gasteiger partial charge in [0.2, 0.25) is 0 Å². The summed E-state index contributed by atoms with van der Waals surface area (Å²) in [6, 6.07) is 31.1. The van der Waals surface area contributed by atoms with Gasteiger partial charge in [0.1, 0.15) is 0 Å². The Labute approximate surface area is 223 Å². The highest BCUT2D eigenvalue weighted by Crippen LogP contribution is 2.31. The third kappa shape index (κ3) is 7.26. The summed E-state index contributed by atoms with van der Waals surface area (Å²) in [5.74, 6) is 0.427. The zero-order valence-corrected chi connectivity index (χ0v) is 22.8. The molecule has 4 aromatic rings. The molecule has 0 spiro atoms. The molecule has 0 radical (unpaired) electrons. The van der Waals surface area contributed by atoms with E-state index in [0.717, 1.165) is 24.2 Å². The van der Waals surface area contributed by atoms with E-state index in [4.69, 9.17) is 11.5 Å². The smallest absolute Gasteiger partial charge is 0.0316 e. The highest BCUT2D eigenvalue weighted by molar-refractivity contribution is 5.47. The largest absolute Gasteiger partial charge is 0.399 e. The molecule has 0 aliphatic rings. The molecule has 37 heavy (non-hydrogen) atoms. The van der Waals surface area contributed by atoms with Crippen LogP contribution in [0, 0.1) is 13.8 Å². The van der Waals surface area contributed by atoms with Crippen molar-refractivity contribution in [1.29, 1.82) is 0 Å². The van der Waals surface area contributed by atoms with E-state index in [-0.39, 0.29) is 0 Å². The van der Waals surface area contributed by atoms with Crippen LogP contribution in [0.4, 0.5) is 11.4 Å². The molecule has 4 N–H and O–H groups in total. The van der Waals surface area contributed by atoms with Crippen LogP contribution in [0.25, 0.3) is 0 Å². The third-order valence-corrected chi connectivity index (χ3v) is 7.63. The normalized spacial score (nSPS) is 11.2. The van der Waals surface area contributed by atoms with Crippen molar-refractivity contribution in [3.63, 3.8) is 0 Å². The SMILES string of the molecule is CCCCCCC(c1ccc(Cc2ccc(N)cc2C)cc1)c1ccc(Cc2ccc(N)cc2C)cc1. The van der Waals surface area contributed by atoms with E-state index < -0.39 is 0 Å². The summed E-state index contributed by atoms with van der Waals surface area (Å²) in [6.45, 7) is 6.57. The fraction of sp³-hybridized carbons (Fsp3) is 0.314. The van der Waals surface area contributed by atoms with Crippen LogP contribution in [0.1, 0.15) is 89.5 Å². The Hall–Kier alpha value is -3.52. The maximum Gasteiger partial charge on any atom is 0.0316 e. The zero-order valence-electron chi connectivity index (χ0n) is 22.8. The van der Waals surface area contributed by atoms with Crippen LogP contribution < -0.4 is 11.5 Å². The van der Waals surface area contributed by atoms with Crippen molar-refractivity contribution in [1.82, 2.24) is 0 Å². The fourth-order valence-electron chi connectivity index (χ4n) is 5.31. The van der Waals surface area contributed by atoms with Crippen molar-refractivity contribution in [2.24, 2.45) is 0 Å². The highest BCUT2D eigenvalue weighted by Gasteiger charge is 2.15. The van der Waals surface area contributed by atoms with Gasteiger partial charge in [-0.15, -0.1) is 0 Å². The number of unbranched alkanes of at least 4 members (excludes halogenated alkanes) is 3. The Bertz CT molecular complexity index is 1190. The summed E-state index contributed by atoms with van der Waals surface area (Å²) in [7, 11) is 0. The van der Waals surface area contributed by atoms with Gasteiger partial charge in [0.15, 0.2) is 0 Å². The minimum absolute atomic E-state index is 0.427. The van der Waals surface area contributed by atoms with E-state index in [1.165, 1.54) is 76.6 Å². The molecule has 4 aromatic carbocycles. The average molecular weight is 491 g/mol. The lowest BCUT2D eigenvalue weighted by Crippen LogP contribution is -2.03. The molecule has 0 aliphatic carbocycles. The van der Waals surface area contributed by atoms with Crippen molar-refractivity contribution < 1.29 is 0 Å². The molecule has 0 atom stereocenters. The van der Waals surface area contributed by atoms with Gasteiger partial charge in [-0.05, 0) is 102 Å². The lowest BCUT2D eigenvalue weighted by Gasteiger charge is -2.19. The Balaban J connectivity index is 1.51. The van der Waals surface area contributed by atoms with Gasteiger partial charge in [-0.3, -0.25) is 0 Å². The minimum Gasteiger partial charge on any atom is -0.399 e. The maximum absolute atomic E-state index is 5.94. The second-order valence-electron chi connectivity index (χ2n) is 10.6. The van der Waals surface area contributed by atoms with Crippen molar-refractivity contribution in [3.05, 3.63) is 129 Å². The monoisotopic (exact) mass is 490 g/mol. The van der Waals surface area contributed by atoms with E-state index in [1.807, 2.05) is 12.1 Å². The zero-order chi connectivity index (χ0) is 26.2. The van der Waals surface area contributed by atoms with Gasteiger partial charge in [-0.1, -0.05) is 93.3 Å². The van der Waals surface area contributed by atoms with Gasteiger partial charge in [0.05, 0.1) is 0 Å². The molecule has 2 nitrogen and oxygen atoms in total. The molecule has 192 valence electrons. The molecule has 0 amide bonds. The first-order chi connectivity index (χ1) is 17.9. The number of anilines is 2. The lowest BCUT2D eigenvalue weighted by molar-refractivity contribution is 0.596. The molecule has 0 saturated heterocycles. The molecule has 0 heterocycles. The first-order valence-electron chi connectivity index (χ1n) is 13.8.